The van der Waals surface area contributed by atoms with Gasteiger partial charge >= 0.3 is 12.3 Å². The van der Waals surface area contributed by atoms with Crippen LogP contribution in [0.25, 0.3) is 11.1 Å². The third-order valence-electron chi connectivity index (χ3n) is 7.25. The molecule has 41 heavy (non-hydrogen) atoms. The zero-order valence-electron chi connectivity index (χ0n) is 21.9. The van der Waals surface area contributed by atoms with E-state index in [9.17, 15) is 39.5 Å². The SMILES string of the molecule is CCCC1CCC(c2ccc(OCC(F)(F)Oc3ccc(-c4ccc(C(F)(F)F)c(F)c4)c(F)c3)c(F)c2F)CC1. The summed E-state index contributed by atoms with van der Waals surface area (Å²) in [6.07, 6.45) is -3.68. The second-order valence-corrected chi connectivity index (χ2v) is 10.1. The van der Waals surface area contributed by atoms with Crippen molar-refractivity contribution in [2.24, 2.45) is 5.92 Å². The van der Waals surface area contributed by atoms with Gasteiger partial charge in [0.15, 0.2) is 18.2 Å². The Kier molecular flexibility index (Phi) is 9.13. The quantitative estimate of drug-likeness (QED) is 0.231. The molecule has 0 atom stereocenters. The minimum Gasteiger partial charge on any atom is -0.480 e. The fraction of sp³-hybridized carbons (Fsp3) is 0.400. The lowest BCUT2D eigenvalue weighted by molar-refractivity contribution is -0.195. The molecule has 11 heteroatoms. The van der Waals surface area contributed by atoms with Crippen LogP contribution in [0.5, 0.6) is 11.5 Å². The van der Waals surface area contributed by atoms with Crippen molar-refractivity contribution in [1.82, 2.24) is 0 Å². The maximum Gasteiger partial charge on any atom is 0.433 e. The van der Waals surface area contributed by atoms with Gasteiger partial charge in [0.2, 0.25) is 5.82 Å². The van der Waals surface area contributed by atoms with Crippen molar-refractivity contribution in [2.45, 2.75) is 63.7 Å². The number of hydrogen-bond acceptors (Lipinski definition) is 2. The van der Waals surface area contributed by atoms with Crippen molar-refractivity contribution in [3.05, 3.63) is 82.9 Å². The maximum absolute atomic E-state index is 14.8. The first-order chi connectivity index (χ1) is 19.3. The summed E-state index contributed by atoms with van der Waals surface area (Å²) in [7, 11) is 0. The van der Waals surface area contributed by atoms with Gasteiger partial charge in [-0.2, -0.15) is 26.3 Å². The number of hydrogen-bond donors (Lipinski definition) is 0. The Labute approximate surface area is 231 Å². The van der Waals surface area contributed by atoms with Crippen LogP contribution in [-0.4, -0.2) is 12.7 Å². The van der Waals surface area contributed by atoms with Crippen LogP contribution >= 0.6 is 0 Å². The maximum atomic E-state index is 14.8. The second-order valence-electron chi connectivity index (χ2n) is 10.1. The summed E-state index contributed by atoms with van der Waals surface area (Å²) < 4.78 is 134. The number of rotatable bonds is 9. The van der Waals surface area contributed by atoms with Gasteiger partial charge in [-0.3, -0.25) is 0 Å². The van der Waals surface area contributed by atoms with Crippen molar-refractivity contribution < 1.29 is 49.0 Å². The predicted molar refractivity (Wildman–Crippen MR) is 134 cm³/mol. The van der Waals surface area contributed by atoms with Gasteiger partial charge in [0.05, 0.1) is 5.56 Å². The zero-order valence-corrected chi connectivity index (χ0v) is 21.9. The highest BCUT2D eigenvalue weighted by Gasteiger charge is 2.36. The summed E-state index contributed by atoms with van der Waals surface area (Å²) in [5.74, 6) is -6.38. The van der Waals surface area contributed by atoms with E-state index >= 15 is 0 Å². The Balaban J connectivity index is 1.40. The highest BCUT2D eigenvalue weighted by atomic mass is 19.4. The van der Waals surface area contributed by atoms with Crippen LogP contribution in [0.1, 0.15) is 62.5 Å². The molecule has 1 saturated carbocycles. The van der Waals surface area contributed by atoms with E-state index in [0.29, 0.717) is 37.0 Å². The number of ether oxygens (including phenoxy) is 2. The van der Waals surface area contributed by atoms with Crippen LogP contribution in [0.2, 0.25) is 0 Å². The van der Waals surface area contributed by atoms with Crippen LogP contribution in [0.15, 0.2) is 48.5 Å². The average Bonchev–Trinajstić information content (AvgIpc) is 2.89. The molecule has 0 spiro atoms. The predicted octanol–water partition coefficient (Wildman–Crippen LogP) is 10.1. The van der Waals surface area contributed by atoms with Crippen molar-refractivity contribution in [3.63, 3.8) is 0 Å². The number of alkyl halides is 5. The molecule has 1 aliphatic carbocycles. The van der Waals surface area contributed by atoms with E-state index < -0.39 is 59.2 Å². The molecule has 0 radical (unpaired) electrons. The van der Waals surface area contributed by atoms with E-state index in [1.165, 1.54) is 6.07 Å². The summed E-state index contributed by atoms with van der Waals surface area (Å²) in [5, 5.41) is 0. The first-order valence-electron chi connectivity index (χ1n) is 13.1. The first kappa shape index (κ1) is 30.6. The summed E-state index contributed by atoms with van der Waals surface area (Å²) in [5.41, 5.74) is -1.98. The monoisotopic (exact) mass is 590 g/mol. The molecular formula is C30H27F9O2. The molecule has 2 nitrogen and oxygen atoms in total. The summed E-state index contributed by atoms with van der Waals surface area (Å²) in [4.78, 5) is 0. The molecule has 0 bridgehead atoms. The lowest BCUT2D eigenvalue weighted by Crippen LogP contribution is -2.32. The fourth-order valence-electron chi connectivity index (χ4n) is 5.21. The lowest BCUT2D eigenvalue weighted by Gasteiger charge is -2.29. The highest BCUT2D eigenvalue weighted by molar-refractivity contribution is 5.65. The Morgan fingerprint density at radius 2 is 1.49 bits per heavy atom. The van der Waals surface area contributed by atoms with Crippen molar-refractivity contribution in [2.75, 3.05) is 6.61 Å². The molecule has 0 saturated heterocycles. The van der Waals surface area contributed by atoms with Crippen LogP contribution in [0.4, 0.5) is 39.5 Å². The Morgan fingerprint density at radius 3 is 2.10 bits per heavy atom. The van der Waals surface area contributed by atoms with Gasteiger partial charge in [0.1, 0.15) is 17.4 Å². The average molecular weight is 591 g/mol. The first-order valence-corrected chi connectivity index (χ1v) is 13.1. The third-order valence-corrected chi connectivity index (χ3v) is 7.25. The molecule has 1 fully saturated rings. The third kappa shape index (κ3) is 7.29. The van der Waals surface area contributed by atoms with E-state index in [1.807, 2.05) is 0 Å². The van der Waals surface area contributed by atoms with Crippen molar-refractivity contribution >= 4 is 0 Å². The van der Waals surface area contributed by atoms with E-state index in [2.05, 4.69) is 11.7 Å². The van der Waals surface area contributed by atoms with Gasteiger partial charge in [-0.25, -0.2) is 13.2 Å². The number of benzene rings is 3. The van der Waals surface area contributed by atoms with Gasteiger partial charge in [0.25, 0.3) is 0 Å². The zero-order chi connectivity index (χ0) is 29.9. The Bertz CT molecular complexity index is 1360. The van der Waals surface area contributed by atoms with Crippen molar-refractivity contribution in [3.8, 4) is 22.6 Å². The highest BCUT2D eigenvalue weighted by Crippen LogP contribution is 2.40. The molecule has 0 N–H and O–H groups in total. The van der Waals surface area contributed by atoms with E-state index in [4.69, 9.17) is 4.74 Å². The van der Waals surface area contributed by atoms with Crippen LogP contribution in [-0.2, 0) is 6.18 Å². The van der Waals surface area contributed by atoms with Gasteiger partial charge in [-0.1, -0.05) is 31.9 Å². The van der Waals surface area contributed by atoms with E-state index in [1.54, 1.807) is 0 Å². The Hall–Kier alpha value is -3.37. The molecule has 1 aliphatic rings. The molecule has 0 aliphatic heterocycles. The molecule has 3 aromatic rings. The lowest BCUT2D eigenvalue weighted by atomic mass is 9.77. The Morgan fingerprint density at radius 1 is 0.780 bits per heavy atom. The molecular weight excluding hydrogens is 563 g/mol. The van der Waals surface area contributed by atoms with E-state index in [0.717, 1.165) is 49.9 Å². The van der Waals surface area contributed by atoms with Crippen LogP contribution in [0, 0.1) is 29.2 Å². The van der Waals surface area contributed by atoms with Crippen molar-refractivity contribution in [1.29, 1.82) is 0 Å². The molecule has 222 valence electrons. The minimum atomic E-state index is -4.95. The van der Waals surface area contributed by atoms with E-state index in [-0.39, 0.29) is 22.6 Å². The minimum absolute atomic E-state index is 0.173. The van der Waals surface area contributed by atoms with Crippen LogP contribution < -0.4 is 9.47 Å². The topological polar surface area (TPSA) is 18.5 Å². The largest absolute Gasteiger partial charge is 0.480 e. The standard InChI is InChI=1S/C30H27F9O2/c1-2-3-17-4-6-18(7-5-17)22-11-13-26(28(34)27(22)33)40-16-29(35,36)41-20-9-10-21(24(31)15-20)19-8-12-23(25(32)14-19)30(37,38)39/h8-15,17-18H,2-7,16H2,1H3. The fourth-order valence-corrected chi connectivity index (χ4v) is 5.21. The van der Waals surface area contributed by atoms with Crippen LogP contribution in [0.3, 0.4) is 0 Å². The smallest absolute Gasteiger partial charge is 0.433 e. The molecule has 0 amide bonds. The summed E-state index contributed by atoms with van der Waals surface area (Å²) in [6.45, 7) is 0.566. The molecule has 4 rings (SSSR count). The van der Waals surface area contributed by atoms with Gasteiger partial charge in [-0.15, -0.1) is 0 Å². The normalized spacial score (nSPS) is 17.9. The molecule has 0 aromatic heterocycles. The second kappa shape index (κ2) is 12.2. The van der Waals surface area contributed by atoms with Gasteiger partial charge < -0.3 is 9.47 Å². The number of halogens is 9. The molecule has 0 unspecified atom stereocenters. The summed E-state index contributed by atoms with van der Waals surface area (Å²) in [6, 6.07) is 6.51. The molecule has 3 aromatic carbocycles. The van der Waals surface area contributed by atoms with Gasteiger partial charge in [-0.05, 0) is 79.0 Å². The molecule has 0 heterocycles. The van der Waals surface area contributed by atoms with Gasteiger partial charge in [0, 0.05) is 11.6 Å². The summed E-state index contributed by atoms with van der Waals surface area (Å²) >= 11 is 0.